The summed E-state index contributed by atoms with van der Waals surface area (Å²) in [6.45, 7) is 3.39. The van der Waals surface area contributed by atoms with Crippen molar-refractivity contribution in [2.45, 2.75) is 26.2 Å². The molecule has 1 heterocycles. The van der Waals surface area contributed by atoms with Crippen LogP contribution in [-0.4, -0.2) is 24.7 Å². The third kappa shape index (κ3) is 4.70. The zero-order chi connectivity index (χ0) is 17.6. The molecular formula is C21H23ClN2O. The third-order valence-electron chi connectivity index (χ3n) is 4.62. The topological polar surface area (TPSA) is 32.7 Å². The maximum absolute atomic E-state index is 12.8. The zero-order valence-electron chi connectivity index (χ0n) is 14.5. The fourth-order valence-corrected chi connectivity index (χ4v) is 3.17. The van der Waals surface area contributed by atoms with Gasteiger partial charge in [-0.05, 0) is 55.2 Å². The molecule has 1 atom stereocenters. The molecule has 25 heavy (non-hydrogen) atoms. The number of amidine groups is 1. The Balaban J connectivity index is 1.85. The van der Waals surface area contributed by atoms with Gasteiger partial charge in [-0.15, -0.1) is 0 Å². The molecule has 0 spiro atoms. The summed E-state index contributed by atoms with van der Waals surface area (Å²) in [7, 11) is 0. The van der Waals surface area contributed by atoms with E-state index in [9.17, 15) is 4.79 Å². The highest BCUT2D eigenvalue weighted by Crippen LogP contribution is 2.22. The van der Waals surface area contributed by atoms with Gasteiger partial charge in [-0.2, -0.15) is 0 Å². The summed E-state index contributed by atoms with van der Waals surface area (Å²) in [5.74, 6) is 1.75. The van der Waals surface area contributed by atoms with Crippen LogP contribution in [0.15, 0.2) is 59.6 Å². The minimum absolute atomic E-state index is 0.0699. The van der Waals surface area contributed by atoms with Crippen LogP contribution in [0.3, 0.4) is 0 Å². The van der Waals surface area contributed by atoms with Gasteiger partial charge in [0.25, 0.3) is 0 Å². The number of nitrogens with zero attached hydrogens (tertiary/aromatic N) is 2. The van der Waals surface area contributed by atoms with E-state index in [4.69, 9.17) is 16.6 Å². The molecule has 3 nitrogen and oxygen atoms in total. The molecule has 0 fully saturated rings. The monoisotopic (exact) mass is 354 g/mol. The first-order valence-corrected chi connectivity index (χ1v) is 9.16. The lowest BCUT2D eigenvalue weighted by molar-refractivity contribution is 0.100. The van der Waals surface area contributed by atoms with E-state index in [1.54, 1.807) is 24.3 Å². The van der Waals surface area contributed by atoms with Crippen molar-refractivity contribution >= 4 is 28.9 Å². The molecule has 2 aromatic carbocycles. The van der Waals surface area contributed by atoms with E-state index in [1.165, 1.54) is 0 Å². The van der Waals surface area contributed by atoms with Crippen molar-refractivity contribution in [2.75, 3.05) is 18.0 Å². The summed E-state index contributed by atoms with van der Waals surface area (Å²) < 4.78 is 0. The standard InChI is InChI=1S/C21H23ClN2O/c1-16-7-12-21(23-14-13-16)24(19-5-3-2-4-6-19)15-20(25)17-8-10-18(22)11-9-17/h2-6,8-11,16H,7,12-15H2,1H3. The second-order valence-corrected chi connectivity index (χ2v) is 7.02. The van der Waals surface area contributed by atoms with E-state index in [0.29, 0.717) is 23.0 Å². The maximum Gasteiger partial charge on any atom is 0.182 e. The van der Waals surface area contributed by atoms with Gasteiger partial charge in [-0.3, -0.25) is 9.79 Å². The first-order chi connectivity index (χ1) is 12.1. The van der Waals surface area contributed by atoms with Crippen molar-refractivity contribution < 1.29 is 4.79 Å². The number of benzene rings is 2. The Labute approximate surface area is 154 Å². The van der Waals surface area contributed by atoms with E-state index in [1.807, 2.05) is 30.3 Å². The highest BCUT2D eigenvalue weighted by molar-refractivity contribution is 6.30. The minimum Gasteiger partial charge on any atom is -0.322 e. The van der Waals surface area contributed by atoms with Crippen LogP contribution in [-0.2, 0) is 0 Å². The van der Waals surface area contributed by atoms with Crippen LogP contribution < -0.4 is 4.90 Å². The lowest BCUT2D eigenvalue weighted by Crippen LogP contribution is -2.36. The highest BCUT2D eigenvalue weighted by Gasteiger charge is 2.20. The molecule has 0 radical (unpaired) electrons. The molecule has 0 amide bonds. The van der Waals surface area contributed by atoms with Crippen LogP contribution in [0.1, 0.15) is 36.5 Å². The minimum atomic E-state index is 0.0699. The van der Waals surface area contributed by atoms with E-state index >= 15 is 0 Å². The van der Waals surface area contributed by atoms with E-state index in [-0.39, 0.29) is 5.78 Å². The van der Waals surface area contributed by atoms with E-state index in [2.05, 4.69) is 11.8 Å². The van der Waals surface area contributed by atoms with Crippen molar-refractivity contribution in [1.29, 1.82) is 0 Å². The third-order valence-corrected chi connectivity index (χ3v) is 4.88. The quantitative estimate of drug-likeness (QED) is 0.702. The maximum atomic E-state index is 12.8. The number of anilines is 1. The number of carbonyl (C=O) groups is 1. The first-order valence-electron chi connectivity index (χ1n) is 8.78. The Bertz CT molecular complexity index is 740. The van der Waals surface area contributed by atoms with Crippen molar-refractivity contribution in [2.24, 2.45) is 10.9 Å². The number of aliphatic imine (C=N–C) groups is 1. The molecule has 0 aliphatic carbocycles. The van der Waals surface area contributed by atoms with Crippen LogP contribution in [0.5, 0.6) is 0 Å². The average Bonchev–Trinajstić information content (AvgIpc) is 2.85. The van der Waals surface area contributed by atoms with Crippen LogP contribution in [0.25, 0.3) is 0 Å². The Hall–Kier alpha value is -2.13. The molecule has 0 saturated heterocycles. The fourth-order valence-electron chi connectivity index (χ4n) is 3.04. The van der Waals surface area contributed by atoms with Crippen LogP contribution in [0, 0.1) is 5.92 Å². The molecule has 0 N–H and O–H groups in total. The van der Waals surface area contributed by atoms with Gasteiger partial charge in [0.05, 0.1) is 6.54 Å². The molecule has 1 aliphatic heterocycles. The summed E-state index contributed by atoms with van der Waals surface area (Å²) >= 11 is 5.93. The van der Waals surface area contributed by atoms with Gasteiger partial charge in [0.1, 0.15) is 5.84 Å². The lowest BCUT2D eigenvalue weighted by atomic mass is 10.0. The Morgan fingerprint density at radius 1 is 1.12 bits per heavy atom. The Morgan fingerprint density at radius 3 is 2.56 bits per heavy atom. The van der Waals surface area contributed by atoms with Gasteiger partial charge in [0, 0.05) is 29.2 Å². The predicted octanol–water partition coefficient (Wildman–Crippen LogP) is 5.25. The van der Waals surface area contributed by atoms with Gasteiger partial charge in [-0.1, -0.05) is 36.7 Å². The number of rotatable bonds is 4. The summed E-state index contributed by atoms with van der Waals surface area (Å²) in [6.07, 6.45) is 3.12. The summed E-state index contributed by atoms with van der Waals surface area (Å²) in [5, 5.41) is 0.638. The summed E-state index contributed by atoms with van der Waals surface area (Å²) in [5.41, 5.74) is 1.69. The SMILES string of the molecule is CC1CCN=C(N(CC(=O)c2ccc(Cl)cc2)c2ccccc2)CC1. The predicted molar refractivity (Wildman–Crippen MR) is 105 cm³/mol. The average molecular weight is 355 g/mol. The number of carbonyl (C=O) groups excluding carboxylic acids is 1. The van der Waals surface area contributed by atoms with Gasteiger partial charge in [0.2, 0.25) is 0 Å². The highest BCUT2D eigenvalue weighted by atomic mass is 35.5. The molecule has 130 valence electrons. The molecule has 1 unspecified atom stereocenters. The summed E-state index contributed by atoms with van der Waals surface area (Å²) in [4.78, 5) is 19.6. The Kier molecular flexibility index (Phi) is 5.87. The van der Waals surface area contributed by atoms with Gasteiger partial charge >= 0.3 is 0 Å². The number of hydrogen-bond acceptors (Lipinski definition) is 3. The lowest BCUT2D eigenvalue weighted by Gasteiger charge is -2.25. The number of ketones is 1. The molecular weight excluding hydrogens is 332 g/mol. The largest absolute Gasteiger partial charge is 0.322 e. The number of para-hydroxylation sites is 1. The van der Waals surface area contributed by atoms with E-state index in [0.717, 1.165) is 37.3 Å². The number of Topliss-reactive ketones (excluding diaryl/α,β-unsaturated/α-hetero) is 1. The van der Waals surface area contributed by atoms with Crippen LogP contribution >= 0.6 is 11.6 Å². The van der Waals surface area contributed by atoms with E-state index < -0.39 is 0 Å². The molecule has 1 aliphatic rings. The Morgan fingerprint density at radius 2 is 1.84 bits per heavy atom. The fraction of sp³-hybridized carbons (Fsp3) is 0.333. The second kappa shape index (κ2) is 8.30. The smallest absolute Gasteiger partial charge is 0.182 e. The summed E-state index contributed by atoms with van der Waals surface area (Å²) in [6, 6.07) is 17.1. The van der Waals surface area contributed by atoms with Crippen LogP contribution in [0.4, 0.5) is 5.69 Å². The van der Waals surface area contributed by atoms with Crippen molar-refractivity contribution in [3.8, 4) is 0 Å². The molecule has 3 rings (SSSR count). The zero-order valence-corrected chi connectivity index (χ0v) is 15.2. The molecule has 0 saturated carbocycles. The first kappa shape index (κ1) is 17.7. The molecule has 0 bridgehead atoms. The van der Waals surface area contributed by atoms with Crippen molar-refractivity contribution in [3.63, 3.8) is 0 Å². The number of hydrogen-bond donors (Lipinski definition) is 0. The molecule has 2 aromatic rings. The number of halogens is 1. The molecule has 0 aromatic heterocycles. The van der Waals surface area contributed by atoms with Gasteiger partial charge in [0.15, 0.2) is 5.78 Å². The second-order valence-electron chi connectivity index (χ2n) is 6.58. The normalized spacial score (nSPS) is 17.5. The van der Waals surface area contributed by atoms with Gasteiger partial charge < -0.3 is 4.90 Å². The molecule has 4 heteroatoms. The van der Waals surface area contributed by atoms with Gasteiger partial charge in [-0.25, -0.2) is 0 Å². The van der Waals surface area contributed by atoms with Crippen molar-refractivity contribution in [1.82, 2.24) is 0 Å². The van der Waals surface area contributed by atoms with Crippen molar-refractivity contribution in [3.05, 3.63) is 65.2 Å². The van der Waals surface area contributed by atoms with Crippen LogP contribution in [0.2, 0.25) is 5.02 Å².